The molecule has 0 saturated heterocycles. The zero-order chi connectivity index (χ0) is 26.6. The largest absolute Gasteiger partial charge is 0.507 e. The number of carbonyl (C=O) groups is 2. The number of aromatic hydroxyl groups is 1. The second-order valence-corrected chi connectivity index (χ2v) is 10.2. The number of rotatable bonds is 10. The number of anilines is 1. The highest BCUT2D eigenvalue weighted by molar-refractivity contribution is 5.92. The smallest absolute Gasteiger partial charge is 0.407 e. The van der Waals surface area contributed by atoms with Crippen LogP contribution >= 0.6 is 0 Å². The number of methoxy groups -OCH3 is 1. The summed E-state index contributed by atoms with van der Waals surface area (Å²) in [5, 5.41) is 23.2. The predicted octanol–water partition coefficient (Wildman–Crippen LogP) is 3.88. The normalized spacial score (nSPS) is 20.1. The van der Waals surface area contributed by atoms with Gasteiger partial charge >= 0.3 is 6.09 Å². The molecule has 1 aromatic heterocycles. The topological polar surface area (TPSA) is 147 Å². The van der Waals surface area contributed by atoms with Crippen LogP contribution in [0.3, 0.4) is 0 Å². The van der Waals surface area contributed by atoms with Gasteiger partial charge in [-0.15, -0.1) is 0 Å². The number of carbonyl (C=O) groups excluding carboxylic acids is 2. The number of amides is 2. The summed E-state index contributed by atoms with van der Waals surface area (Å²) >= 11 is 0. The molecule has 2 atom stereocenters. The Bertz CT molecular complexity index is 1160. The highest BCUT2D eigenvalue weighted by atomic mass is 16.6. The minimum absolute atomic E-state index is 0.0246. The number of benzene rings is 1. The van der Waals surface area contributed by atoms with Crippen LogP contribution in [0.1, 0.15) is 70.1 Å². The van der Waals surface area contributed by atoms with Crippen molar-refractivity contribution >= 4 is 24.0 Å². The van der Waals surface area contributed by atoms with Crippen LogP contribution in [-0.2, 0) is 9.53 Å². The Kier molecular flexibility index (Phi) is 7.89. The maximum absolute atomic E-state index is 12.5. The molecule has 2 aliphatic rings. The lowest BCUT2D eigenvalue weighted by atomic mass is 10.0. The van der Waals surface area contributed by atoms with Gasteiger partial charge in [-0.05, 0) is 52.9 Å². The fourth-order valence-electron chi connectivity index (χ4n) is 4.18. The lowest BCUT2D eigenvalue weighted by Crippen LogP contribution is -2.36. The third-order valence-corrected chi connectivity index (χ3v) is 6.56. The Morgan fingerprint density at radius 3 is 2.78 bits per heavy atom. The van der Waals surface area contributed by atoms with E-state index in [2.05, 4.69) is 25.8 Å². The van der Waals surface area contributed by atoms with Crippen LogP contribution in [-0.4, -0.2) is 64.9 Å². The van der Waals surface area contributed by atoms with Crippen LogP contribution in [0.25, 0.3) is 0 Å². The van der Waals surface area contributed by atoms with Crippen molar-refractivity contribution in [2.24, 2.45) is 4.99 Å². The van der Waals surface area contributed by atoms with Crippen LogP contribution in [0.4, 0.5) is 10.6 Å². The quantitative estimate of drug-likeness (QED) is 0.352. The van der Waals surface area contributed by atoms with E-state index in [0.717, 1.165) is 31.4 Å². The molecule has 37 heavy (non-hydrogen) atoms. The monoisotopic (exact) mass is 513 g/mol. The number of phenolic OH excluding ortho intramolecular Hbond substituents is 1. The standard InChI is InChI=1S/C26H35N5O6/c1-15(2)27-13-19-21(32)10-18(35-4)11-22(19)36-14-24(33)28-23-12-20(30-31-23)16-5-6-17(9-16)37-25(34)29-26(3)7-8-26/h10-13,15-17,32H,5-9,14H2,1-4H3,(H,29,34)(H2,28,30,31,33)/t16?,17-/m1/s1. The first-order valence-corrected chi connectivity index (χ1v) is 12.5. The molecule has 1 aromatic carbocycles. The number of ether oxygens (including phenoxy) is 3. The lowest BCUT2D eigenvalue weighted by molar-refractivity contribution is -0.118. The second-order valence-electron chi connectivity index (χ2n) is 10.2. The van der Waals surface area contributed by atoms with Gasteiger partial charge in [-0.25, -0.2) is 4.79 Å². The first-order chi connectivity index (χ1) is 17.6. The molecular formula is C26H35N5O6. The van der Waals surface area contributed by atoms with Gasteiger partial charge in [0.15, 0.2) is 12.4 Å². The van der Waals surface area contributed by atoms with Crippen molar-refractivity contribution in [1.82, 2.24) is 15.5 Å². The zero-order valence-electron chi connectivity index (χ0n) is 21.7. The van der Waals surface area contributed by atoms with Gasteiger partial charge in [-0.3, -0.25) is 14.9 Å². The van der Waals surface area contributed by atoms with Crippen LogP contribution in [0.15, 0.2) is 23.2 Å². The molecule has 11 nitrogen and oxygen atoms in total. The van der Waals surface area contributed by atoms with Crippen LogP contribution in [0.5, 0.6) is 17.2 Å². The van der Waals surface area contributed by atoms with Crippen LogP contribution < -0.4 is 20.1 Å². The van der Waals surface area contributed by atoms with E-state index in [-0.39, 0.29) is 47.8 Å². The maximum Gasteiger partial charge on any atom is 0.407 e. The number of phenols is 1. The molecule has 200 valence electrons. The zero-order valence-corrected chi connectivity index (χ0v) is 21.7. The number of nitrogens with one attached hydrogen (secondary N) is 3. The van der Waals surface area contributed by atoms with Gasteiger partial charge in [0.2, 0.25) is 0 Å². The summed E-state index contributed by atoms with van der Waals surface area (Å²) in [4.78, 5) is 28.9. The van der Waals surface area contributed by atoms with E-state index >= 15 is 0 Å². The van der Waals surface area contributed by atoms with Gasteiger partial charge in [0.05, 0.1) is 12.7 Å². The molecule has 2 amide bonds. The van der Waals surface area contributed by atoms with E-state index < -0.39 is 5.91 Å². The molecule has 4 N–H and O–H groups in total. The van der Waals surface area contributed by atoms with Crippen molar-refractivity contribution in [3.63, 3.8) is 0 Å². The van der Waals surface area contributed by atoms with E-state index in [1.165, 1.54) is 19.4 Å². The number of nitrogens with zero attached hydrogens (tertiary/aromatic N) is 2. The van der Waals surface area contributed by atoms with Crippen molar-refractivity contribution in [2.45, 2.75) is 76.5 Å². The molecule has 2 fully saturated rings. The number of H-pyrrole nitrogens is 1. The highest BCUT2D eigenvalue weighted by Crippen LogP contribution is 2.37. The van der Waals surface area contributed by atoms with Crippen molar-refractivity contribution in [3.05, 3.63) is 29.5 Å². The molecule has 0 radical (unpaired) electrons. The molecule has 2 aliphatic carbocycles. The molecule has 2 aromatic rings. The number of alkyl carbamates (subject to hydrolysis) is 1. The van der Waals surface area contributed by atoms with E-state index in [1.54, 1.807) is 12.1 Å². The van der Waals surface area contributed by atoms with E-state index in [4.69, 9.17) is 14.2 Å². The number of aromatic amines is 1. The summed E-state index contributed by atoms with van der Waals surface area (Å²) in [6.07, 6.45) is 5.31. The molecule has 2 saturated carbocycles. The minimum atomic E-state index is -0.412. The Hall–Kier alpha value is -3.76. The molecule has 0 spiro atoms. The Labute approximate surface area is 216 Å². The van der Waals surface area contributed by atoms with Crippen molar-refractivity contribution in [3.8, 4) is 17.2 Å². The SMILES string of the molecule is COc1cc(O)c(C=NC(C)C)c(OCC(=O)Nc2cc(C3CC[C@@H](OC(=O)NC4(C)CC4)C3)[nH]n2)c1. The molecule has 4 rings (SSSR count). The average Bonchev–Trinajstić information content (AvgIpc) is 3.20. The number of aromatic nitrogens is 2. The fraction of sp³-hybridized carbons (Fsp3) is 0.538. The summed E-state index contributed by atoms with van der Waals surface area (Å²) in [5.74, 6) is 0.730. The summed E-state index contributed by atoms with van der Waals surface area (Å²) in [7, 11) is 1.48. The van der Waals surface area contributed by atoms with Crippen molar-refractivity contribution in [2.75, 3.05) is 19.0 Å². The van der Waals surface area contributed by atoms with Gasteiger partial charge < -0.3 is 30.0 Å². The Balaban J connectivity index is 1.30. The van der Waals surface area contributed by atoms with E-state index in [9.17, 15) is 14.7 Å². The Morgan fingerprint density at radius 2 is 2.08 bits per heavy atom. The maximum atomic E-state index is 12.5. The number of aliphatic imine (C=N–C) groups is 1. The average molecular weight is 514 g/mol. The van der Waals surface area contributed by atoms with Crippen molar-refractivity contribution in [1.29, 1.82) is 0 Å². The lowest BCUT2D eigenvalue weighted by Gasteiger charge is -2.16. The predicted molar refractivity (Wildman–Crippen MR) is 138 cm³/mol. The van der Waals surface area contributed by atoms with E-state index in [1.807, 2.05) is 20.8 Å². The molecule has 11 heteroatoms. The molecule has 0 bridgehead atoms. The molecule has 0 aliphatic heterocycles. The Morgan fingerprint density at radius 1 is 1.30 bits per heavy atom. The first kappa shape index (κ1) is 26.3. The third kappa shape index (κ3) is 7.14. The molecule has 1 heterocycles. The van der Waals surface area contributed by atoms with Gasteiger partial charge in [0.25, 0.3) is 5.91 Å². The fourth-order valence-corrected chi connectivity index (χ4v) is 4.18. The van der Waals surface area contributed by atoms with Crippen molar-refractivity contribution < 1.29 is 28.9 Å². The second kappa shape index (κ2) is 11.1. The summed E-state index contributed by atoms with van der Waals surface area (Å²) in [6.45, 7) is 5.53. The van der Waals surface area contributed by atoms with Crippen LogP contribution in [0.2, 0.25) is 0 Å². The highest BCUT2D eigenvalue weighted by Gasteiger charge is 2.40. The first-order valence-electron chi connectivity index (χ1n) is 12.5. The number of hydrogen-bond donors (Lipinski definition) is 4. The van der Waals surface area contributed by atoms with Gasteiger partial charge in [0, 0.05) is 47.6 Å². The summed E-state index contributed by atoms with van der Waals surface area (Å²) < 4.78 is 16.5. The van der Waals surface area contributed by atoms with Gasteiger partial charge in [-0.2, -0.15) is 5.10 Å². The van der Waals surface area contributed by atoms with Crippen LogP contribution in [0, 0.1) is 0 Å². The summed E-state index contributed by atoms with van der Waals surface area (Å²) in [5.41, 5.74) is 1.13. The third-order valence-electron chi connectivity index (χ3n) is 6.56. The van der Waals surface area contributed by atoms with Gasteiger partial charge in [0.1, 0.15) is 23.4 Å². The van der Waals surface area contributed by atoms with Gasteiger partial charge in [-0.1, -0.05) is 0 Å². The molecular weight excluding hydrogens is 478 g/mol. The number of hydrogen-bond acceptors (Lipinski definition) is 8. The summed E-state index contributed by atoms with van der Waals surface area (Å²) in [6, 6.07) is 4.86. The molecule has 1 unspecified atom stereocenters. The minimum Gasteiger partial charge on any atom is -0.507 e. The van der Waals surface area contributed by atoms with E-state index in [0.29, 0.717) is 23.6 Å².